The lowest BCUT2D eigenvalue weighted by Gasteiger charge is -2.16. The summed E-state index contributed by atoms with van der Waals surface area (Å²) in [5.74, 6) is 0.0828. The highest BCUT2D eigenvalue weighted by atomic mass is 35.5. The third kappa shape index (κ3) is 3.57. The first-order chi connectivity index (χ1) is 13.0. The standard InChI is InChI=1S/C20H17ClFN3O2/c1-12-5-7-14(8-6-12)25-11-13(9-19(25)26)20-24-23-18(27-20)10-15-16(21)3-2-4-17(15)22/h2-8,13H,9-11H2,1H3. The van der Waals surface area contributed by atoms with Gasteiger partial charge in [-0.3, -0.25) is 4.79 Å². The lowest BCUT2D eigenvalue weighted by molar-refractivity contribution is -0.117. The molecule has 27 heavy (non-hydrogen) atoms. The molecule has 7 heteroatoms. The third-order valence-corrected chi connectivity index (χ3v) is 5.05. The molecule has 1 saturated heterocycles. The molecule has 3 aromatic rings. The number of carbonyl (C=O) groups excluding carboxylic acids is 1. The third-order valence-electron chi connectivity index (χ3n) is 4.69. The van der Waals surface area contributed by atoms with Gasteiger partial charge in [-0.25, -0.2) is 4.39 Å². The van der Waals surface area contributed by atoms with Crippen molar-refractivity contribution in [3.05, 3.63) is 76.2 Å². The van der Waals surface area contributed by atoms with E-state index < -0.39 is 5.82 Å². The van der Waals surface area contributed by atoms with Gasteiger partial charge in [0.05, 0.1) is 12.3 Å². The van der Waals surface area contributed by atoms with Crippen LogP contribution in [0.5, 0.6) is 0 Å². The van der Waals surface area contributed by atoms with Crippen molar-refractivity contribution >= 4 is 23.2 Å². The van der Waals surface area contributed by atoms with Gasteiger partial charge >= 0.3 is 0 Å². The van der Waals surface area contributed by atoms with Crippen molar-refractivity contribution in [2.75, 3.05) is 11.4 Å². The van der Waals surface area contributed by atoms with Crippen molar-refractivity contribution in [3.63, 3.8) is 0 Å². The molecule has 0 spiro atoms. The number of benzene rings is 2. The van der Waals surface area contributed by atoms with Crippen LogP contribution in [0.15, 0.2) is 46.9 Å². The summed E-state index contributed by atoms with van der Waals surface area (Å²) in [6, 6.07) is 12.3. The smallest absolute Gasteiger partial charge is 0.227 e. The first-order valence-electron chi connectivity index (χ1n) is 8.63. The second-order valence-electron chi connectivity index (χ2n) is 6.65. The van der Waals surface area contributed by atoms with Gasteiger partial charge in [0.1, 0.15) is 5.82 Å². The molecule has 2 heterocycles. The highest BCUT2D eigenvalue weighted by molar-refractivity contribution is 6.31. The lowest BCUT2D eigenvalue weighted by Crippen LogP contribution is -2.24. The van der Waals surface area contributed by atoms with Gasteiger partial charge in [-0.2, -0.15) is 0 Å². The van der Waals surface area contributed by atoms with Gasteiger partial charge in [-0.1, -0.05) is 35.4 Å². The zero-order chi connectivity index (χ0) is 19.0. The number of aromatic nitrogens is 2. The van der Waals surface area contributed by atoms with E-state index in [2.05, 4.69) is 10.2 Å². The van der Waals surface area contributed by atoms with E-state index >= 15 is 0 Å². The van der Waals surface area contributed by atoms with Crippen molar-refractivity contribution in [1.29, 1.82) is 0 Å². The summed E-state index contributed by atoms with van der Waals surface area (Å²) in [7, 11) is 0. The summed E-state index contributed by atoms with van der Waals surface area (Å²) in [4.78, 5) is 14.1. The number of halogens is 2. The van der Waals surface area contributed by atoms with E-state index in [0.29, 0.717) is 29.4 Å². The molecule has 0 radical (unpaired) electrons. The van der Waals surface area contributed by atoms with Crippen LogP contribution >= 0.6 is 11.6 Å². The molecule has 0 bridgehead atoms. The van der Waals surface area contributed by atoms with Crippen molar-refractivity contribution < 1.29 is 13.6 Å². The highest BCUT2D eigenvalue weighted by Crippen LogP contribution is 2.32. The number of rotatable bonds is 4. The Morgan fingerprint density at radius 1 is 1.22 bits per heavy atom. The van der Waals surface area contributed by atoms with E-state index in [1.54, 1.807) is 17.0 Å². The quantitative estimate of drug-likeness (QED) is 0.672. The number of hydrogen-bond donors (Lipinski definition) is 0. The lowest BCUT2D eigenvalue weighted by atomic mass is 10.1. The Labute approximate surface area is 160 Å². The molecule has 4 rings (SSSR count). The van der Waals surface area contributed by atoms with Crippen molar-refractivity contribution in [1.82, 2.24) is 10.2 Å². The van der Waals surface area contributed by atoms with Crippen LogP contribution in [0.2, 0.25) is 5.02 Å². The van der Waals surface area contributed by atoms with Crippen LogP contribution in [0, 0.1) is 12.7 Å². The van der Waals surface area contributed by atoms with Gasteiger partial charge in [-0.05, 0) is 31.2 Å². The maximum Gasteiger partial charge on any atom is 0.227 e. The van der Waals surface area contributed by atoms with Crippen molar-refractivity contribution in [3.8, 4) is 0 Å². The zero-order valence-electron chi connectivity index (χ0n) is 14.7. The Hall–Kier alpha value is -2.73. The molecule has 0 N–H and O–H groups in total. The average Bonchev–Trinajstić information content (AvgIpc) is 3.26. The molecule has 1 atom stereocenters. The molecule has 1 aliphatic heterocycles. The van der Waals surface area contributed by atoms with E-state index in [0.717, 1.165) is 11.3 Å². The first kappa shape index (κ1) is 17.7. The molecule has 1 aromatic heterocycles. The van der Waals surface area contributed by atoms with Crippen LogP contribution in [0.3, 0.4) is 0 Å². The largest absolute Gasteiger partial charge is 0.425 e. The summed E-state index contributed by atoms with van der Waals surface area (Å²) < 4.78 is 19.6. The Balaban J connectivity index is 1.50. The fraction of sp³-hybridized carbons (Fsp3) is 0.250. The number of anilines is 1. The van der Waals surface area contributed by atoms with Gasteiger partial charge in [-0.15, -0.1) is 10.2 Å². The maximum absolute atomic E-state index is 13.9. The van der Waals surface area contributed by atoms with Gasteiger partial charge in [0.2, 0.25) is 17.7 Å². The number of carbonyl (C=O) groups is 1. The number of amides is 1. The molecule has 2 aromatic carbocycles. The second kappa shape index (κ2) is 7.12. The van der Waals surface area contributed by atoms with Crippen LogP contribution in [-0.2, 0) is 11.2 Å². The molecule has 5 nitrogen and oxygen atoms in total. The Morgan fingerprint density at radius 2 is 2.00 bits per heavy atom. The SMILES string of the molecule is Cc1ccc(N2CC(c3nnc(Cc4c(F)cccc4Cl)o3)CC2=O)cc1. The predicted molar refractivity (Wildman–Crippen MR) is 99.4 cm³/mol. The zero-order valence-corrected chi connectivity index (χ0v) is 15.4. The molecule has 0 aliphatic carbocycles. The van der Waals surface area contributed by atoms with E-state index in [-0.39, 0.29) is 24.1 Å². The van der Waals surface area contributed by atoms with Gasteiger partial charge in [0.15, 0.2) is 0 Å². The summed E-state index contributed by atoms with van der Waals surface area (Å²) in [6.45, 7) is 2.48. The second-order valence-corrected chi connectivity index (χ2v) is 7.06. The molecule has 1 aliphatic rings. The number of nitrogens with zero attached hydrogens (tertiary/aromatic N) is 3. The topological polar surface area (TPSA) is 59.2 Å². The Kier molecular flexibility index (Phi) is 4.66. The maximum atomic E-state index is 13.9. The average molecular weight is 386 g/mol. The van der Waals surface area contributed by atoms with Crippen LogP contribution in [0.25, 0.3) is 0 Å². The van der Waals surface area contributed by atoms with Crippen molar-refractivity contribution in [2.24, 2.45) is 0 Å². The molecule has 0 saturated carbocycles. The Morgan fingerprint density at radius 3 is 2.74 bits per heavy atom. The molecular weight excluding hydrogens is 369 g/mol. The first-order valence-corrected chi connectivity index (χ1v) is 9.01. The minimum absolute atomic E-state index is 0.0146. The summed E-state index contributed by atoms with van der Waals surface area (Å²) in [5.41, 5.74) is 2.31. The minimum atomic E-state index is -0.413. The van der Waals surface area contributed by atoms with E-state index in [9.17, 15) is 9.18 Å². The van der Waals surface area contributed by atoms with Crippen molar-refractivity contribution in [2.45, 2.75) is 25.7 Å². The number of hydrogen-bond acceptors (Lipinski definition) is 4. The molecule has 1 fully saturated rings. The van der Waals surface area contributed by atoms with Gasteiger partial charge in [0, 0.05) is 29.2 Å². The molecular formula is C20H17ClFN3O2. The van der Waals surface area contributed by atoms with Crippen LogP contribution in [0.4, 0.5) is 10.1 Å². The molecule has 1 unspecified atom stereocenters. The van der Waals surface area contributed by atoms with E-state index in [1.165, 1.54) is 6.07 Å². The summed E-state index contributed by atoms with van der Waals surface area (Å²) >= 11 is 6.05. The van der Waals surface area contributed by atoms with E-state index in [4.69, 9.17) is 16.0 Å². The minimum Gasteiger partial charge on any atom is -0.425 e. The normalized spacial score (nSPS) is 16.9. The van der Waals surface area contributed by atoms with Crippen LogP contribution < -0.4 is 4.90 Å². The summed E-state index contributed by atoms with van der Waals surface area (Å²) in [6.07, 6.45) is 0.414. The fourth-order valence-electron chi connectivity index (χ4n) is 3.20. The summed E-state index contributed by atoms with van der Waals surface area (Å²) in [5, 5.41) is 8.39. The highest BCUT2D eigenvalue weighted by Gasteiger charge is 2.35. The molecule has 138 valence electrons. The number of aryl methyl sites for hydroxylation is 1. The van der Waals surface area contributed by atoms with Crippen LogP contribution in [0.1, 0.15) is 35.2 Å². The van der Waals surface area contributed by atoms with Gasteiger partial charge < -0.3 is 9.32 Å². The van der Waals surface area contributed by atoms with E-state index in [1.807, 2.05) is 31.2 Å². The predicted octanol–water partition coefficient (Wildman–Crippen LogP) is 4.28. The Bertz CT molecular complexity index is 967. The fourth-order valence-corrected chi connectivity index (χ4v) is 3.43. The van der Waals surface area contributed by atoms with Gasteiger partial charge in [0.25, 0.3) is 0 Å². The van der Waals surface area contributed by atoms with Crippen LogP contribution in [-0.4, -0.2) is 22.6 Å². The molecule has 1 amide bonds. The monoisotopic (exact) mass is 385 g/mol.